The molecule has 2 heteroatoms. The maximum atomic E-state index is 9.96. The van der Waals surface area contributed by atoms with Gasteiger partial charge >= 0.3 is 0 Å². The van der Waals surface area contributed by atoms with Gasteiger partial charge < -0.3 is 5.11 Å². The molecular weight excluding hydrogens is 160 g/mol. The molecule has 0 heterocycles. The minimum absolute atomic E-state index is 0.109. The van der Waals surface area contributed by atoms with E-state index in [0.29, 0.717) is 0 Å². The molecule has 1 aliphatic carbocycles. The quantitative estimate of drug-likeness (QED) is 0.642. The maximum Gasteiger partial charge on any atom is 0.0661 e. The summed E-state index contributed by atoms with van der Waals surface area (Å²) in [5.41, 5.74) is -0.431. The van der Waals surface area contributed by atoms with E-state index < -0.39 is 5.60 Å². The minimum atomic E-state index is -0.431. The average molecular weight is 177 g/mol. The molecule has 1 nitrogen and oxygen atoms in total. The molecule has 66 valence electrons. The summed E-state index contributed by atoms with van der Waals surface area (Å²) in [6.07, 6.45) is 6.27. The number of alkyl halides is 1. The van der Waals surface area contributed by atoms with E-state index in [1.54, 1.807) is 0 Å². The van der Waals surface area contributed by atoms with Crippen molar-refractivity contribution >= 4 is 11.6 Å². The Hall–Kier alpha value is 0.250. The Bertz CT molecular complexity index is 117. The van der Waals surface area contributed by atoms with Gasteiger partial charge in [0.25, 0.3) is 0 Å². The van der Waals surface area contributed by atoms with Crippen LogP contribution in [0.1, 0.15) is 45.4 Å². The Kier molecular flexibility index (Phi) is 3.20. The van der Waals surface area contributed by atoms with Crippen molar-refractivity contribution in [2.45, 2.75) is 56.4 Å². The highest BCUT2D eigenvalue weighted by molar-refractivity contribution is 6.20. The number of halogens is 1. The second kappa shape index (κ2) is 3.77. The van der Waals surface area contributed by atoms with Crippen molar-refractivity contribution in [1.29, 1.82) is 0 Å². The van der Waals surface area contributed by atoms with Crippen LogP contribution in [0.15, 0.2) is 0 Å². The summed E-state index contributed by atoms with van der Waals surface area (Å²) in [5.74, 6) is 0. The molecule has 0 aliphatic heterocycles. The molecule has 0 aromatic carbocycles. The first kappa shape index (κ1) is 9.34. The van der Waals surface area contributed by atoms with Crippen molar-refractivity contribution in [1.82, 2.24) is 0 Å². The van der Waals surface area contributed by atoms with E-state index in [2.05, 4.69) is 0 Å². The molecule has 1 fully saturated rings. The Morgan fingerprint density at radius 2 is 1.91 bits per heavy atom. The highest BCUT2D eigenvalue weighted by Crippen LogP contribution is 2.32. The van der Waals surface area contributed by atoms with Crippen LogP contribution in [0.3, 0.4) is 0 Å². The number of hydrogen-bond acceptors (Lipinski definition) is 1. The van der Waals surface area contributed by atoms with Crippen LogP contribution < -0.4 is 0 Å². The van der Waals surface area contributed by atoms with Crippen LogP contribution >= 0.6 is 11.6 Å². The van der Waals surface area contributed by atoms with Gasteiger partial charge in [-0.3, -0.25) is 0 Å². The second-order valence-electron chi connectivity index (χ2n) is 3.77. The third kappa shape index (κ3) is 3.00. The van der Waals surface area contributed by atoms with Gasteiger partial charge in [-0.1, -0.05) is 19.3 Å². The minimum Gasteiger partial charge on any atom is -0.390 e. The molecule has 0 aromatic heterocycles. The van der Waals surface area contributed by atoms with E-state index in [0.717, 1.165) is 19.3 Å². The average Bonchev–Trinajstić information content (AvgIpc) is 1.85. The highest BCUT2D eigenvalue weighted by Gasteiger charge is 2.29. The molecule has 1 saturated carbocycles. The van der Waals surface area contributed by atoms with Crippen LogP contribution in [0, 0.1) is 0 Å². The van der Waals surface area contributed by atoms with Crippen molar-refractivity contribution in [3.8, 4) is 0 Å². The van der Waals surface area contributed by atoms with E-state index in [1.807, 2.05) is 6.92 Å². The summed E-state index contributed by atoms with van der Waals surface area (Å²) in [6, 6.07) is 0. The molecule has 1 unspecified atom stereocenters. The zero-order valence-corrected chi connectivity index (χ0v) is 7.90. The van der Waals surface area contributed by atoms with Crippen molar-refractivity contribution in [3.05, 3.63) is 0 Å². The summed E-state index contributed by atoms with van der Waals surface area (Å²) in [5, 5.41) is 10.1. The SMILES string of the molecule is CC(Cl)CC1(O)CCCCC1. The first-order chi connectivity index (χ1) is 5.12. The Morgan fingerprint density at radius 1 is 1.36 bits per heavy atom. The predicted octanol–water partition coefficient (Wildman–Crippen LogP) is 2.70. The fourth-order valence-electron chi connectivity index (χ4n) is 1.94. The van der Waals surface area contributed by atoms with Crippen molar-refractivity contribution in [3.63, 3.8) is 0 Å². The number of rotatable bonds is 2. The number of hydrogen-bond donors (Lipinski definition) is 1. The predicted molar refractivity (Wildman–Crippen MR) is 48.0 cm³/mol. The van der Waals surface area contributed by atoms with Gasteiger partial charge in [-0.15, -0.1) is 11.6 Å². The summed E-state index contributed by atoms with van der Waals surface area (Å²) in [4.78, 5) is 0. The summed E-state index contributed by atoms with van der Waals surface area (Å²) < 4.78 is 0. The van der Waals surface area contributed by atoms with Gasteiger partial charge in [0, 0.05) is 5.38 Å². The highest BCUT2D eigenvalue weighted by atomic mass is 35.5. The Morgan fingerprint density at radius 3 is 2.36 bits per heavy atom. The molecule has 1 aliphatic rings. The third-order valence-corrected chi connectivity index (χ3v) is 2.60. The maximum absolute atomic E-state index is 9.96. The summed E-state index contributed by atoms with van der Waals surface area (Å²) in [6.45, 7) is 1.95. The zero-order chi connectivity index (χ0) is 8.32. The van der Waals surface area contributed by atoms with Crippen LogP contribution in [0.25, 0.3) is 0 Å². The monoisotopic (exact) mass is 176 g/mol. The van der Waals surface area contributed by atoms with Gasteiger partial charge in [-0.2, -0.15) is 0 Å². The molecule has 0 aromatic rings. The van der Waals surface area contributed by atoms with Gasteiger partial charge in [0.15, 0.2) is 0 Å². The summed E-state index contributed by atoms with van der Waals surface area (Å²) >= 11 is 5.84. The largest absolute Gasteiger partial charge is 0.390 e. The molecule has 11 heavy (non-hydrogen) atoms. The van der Waals surface area contributed by atoms with Gasteiger partial charge in [0.05, 0.1) is 5.60 Å². The number of aliphatic hydroxyl groups is 1. The van der Waals surface area contributed by atoms with E-state index in [1.165, 1.54) is 19.3 Å². The van der Waals surface area contributed by atoms with Crippen molar-refractivity contribution in [2.24, 2.45) is 0 Å². The van der Waals surface area contributed by atoms with Gasteiger partial charge in [0.1, 0.15) is 0 Å². The molecular formula is C9H17ClO. The van der Waals surface area contributed by atoms with E-state index in [9.17, 15) is 5.11 Å². The van der Waals surface area contributed by atoms with Crippen molar-refractivity contribution in [2.75, 3.05) is 0 Å². The van der Waals surface area contributed by atoms with Crippen LogP contribution in [0.4, 0.5) is 0 Å². The molecule has 0 saturated heterocycles. The first-order valence-electron chi connectivity index (χ1n) is 4.49. The van der Waals surface area contributed by atoms with Gasteiger partial charge in [-0.05, 0) is 26.2 Å². The van der Waals surface area contributed by atoms with Gasteiger partial charge in [0.2, 0.25) is 0 Å². The van der Waals surface area contributed by atoms with E-state index >= 15 is 0 Å². The Labute approximate surface area is 73.8 Å². The molecule has 1 rings (SSSR count). The van der Waals surface area contributed by atoms with Crippen LogP contribution in [0.2, 0.25) is 0 Å². The van der Waals surface area contributed by atoms with E-state index in [4.69, 9.17) is 11.6 Å². The van der Waals surface area contributed by atoms with Crippen molar-refractivity contribution < 1.29 is 5.11 Å². The molecule has 0 amide bonds. The first-order valence-corrected chi connectivity index (χ1v) is 4.92. The molecule has 1 atom stereocenters. The Balaban J connectivity index is 2.37. The lowest BCUT2D eigenvalue weighted by Gasteiger charge is -2.32. The zero-order valence-electron chi connectivity index (χ0n) is 7.15. The summed E-state index contributed by atoms with van der Waals surface area (Å²) in [7, 11) is 0. The standard InChI is InChI=1S/C9H17ClO/c1-8(10)7-9(11)5-3-2-4-6-9/h8,11H,2-7H2,1H3. The van der Waals surface area contributed by atoms with Crippen LogP contribution in [0.5, 0.6) is 0 Å². The molecule has 0 radical (unpaired) electrons. The lowest BCUT2D eigenvalue weighted by Crippen LogP contribution is -2.33. The molecule has 1 N–H and O–H groups in total. The fourth-order valence-corrected chi connectivity index (χ4v) is 2.22. The van der Waals surface area contributed by atoms with E-state index in [-0.39, 0.29) is 5.38 Å². The topological polar surface area (TPSA) is 20.2 Å². The second-order valence-corrected chi connectivity index (χ2v) is 4.51. The third-order valence-electron chi connectivity index (χ3n) is 2.45. The molecule has 0 bridgehead atoms. The lowest BCUT2D eigenvalue weighted by molar-refractivity contribution is -0.00339. The lowest BCUT2D eigenvalue weighted by atomic mass is 9.82. The smallest absolute Gasteiger partial charge is 0.0661 e. The normalized spacial score (nSPS) is 26.5. The van der Waals surface area contributed by atoms with Crippen LogP contribution in [-0.4, -0.2) is 16.1 Å². The molecule has 0 spiro atoms. The van der Waals surface area contributed by atoms with Crippen LogP contribution in [-0.2, 0) is 0 Å². The van der Waals surface area contributed by atoms with Gasteiger partial charge in [-0.25, -0.2) is 0 Å². The fraction of sp³-hybridized carbons (Fsp3) is 1.00.